The van der Waals surface area contributed by atoms with Crippen LogP contribution in [-0.4, -0.2) is 38.5 Å². The standard InChI is InChI=1S/C8H14O4/c1-5-8(11-3)6(9)4-7(10-2)12-5/h5,7-8H,4H2,1-3H3/t5-,7-,8-/m0/s1. The minimum absolute atomic E-state index is 0.0445. The highest BCUT2D eigenvalue weighted by molar-refractivity contribution is 5.84. The molecule has 0 N–H and O–H groups in total. The molecule has 1 aliphatic rings. The smallest absolute Gasteiger partial charge is 0.169 e. The van der Waals surface area contributed by atoms with E-state index in [1.807, 2.05) is 0 Å². The predicted molar refractivity (Wildman–Crippen MR) is 41.8 cm³/mol. The van der Waals surface area contributed by atoms with Gasteiger partial charge in [-0.3, -0.25) is 4.79 Å². The molecule has 4 nitrogen and oxygen atoms in total. The van der Waals surface area contributed by atoms with Crippen molar-refractivity contribution in [3.8, 4) is 0 Å². The zero-order chi connectivity index (χ0) is 9.14. The molecule has 1 fully saturated rings. The number of rotatable bonds is 2. The molecule has 1 heterocycles. The van der Waals surface area contributed by atoms with Gasteiger partial charge in [0.05, 0.1) is 12.5 Å². The Bertz CT molecular complexity index is 168. The molecule has 0 aliphatic carbocycles. The normalized spacial score (nSPS) is 36.9. The van der Waals surface area contributed by atoms with Gasteiger partial charge in [-0.05, 0) is 6.92 Å². The minimum atomic E-state index is -0.434. The third-order valence-corrected chi connectivity index (χ3v) is 1.99. The van der Waals surface area contributed by atoms with E-state index < -0.39 is 12.4 Å². The highest BCUT2D eigenvalue weighted by atomic mass is 16.7. The number of ether oxygens (including phenoxy) is 3. The Kier molecular flexibility index (Phi) is 3.20. The van der Waals surface area contributed by atoms with Gasteiger partial charge in [0, 0.05) is 14.2 Å². The zero-order valence-electron chi connectivity index (χ0n) is 7.57. The molecular formula is C8H14O4. The van der Waals surface area contributed by atoms with Crippen molar-refractivity contribution in [2.75, 3.05) is 14.2 Å². The molecule has 70 valence electrons. The van der Waals surface area contributed by atoms with Crippen LogP contribution < -0.4 is 0 Å². The molecule has 3 atom stereocenters. The van der Waals surface area contributed by atoms with Crippen LogP contribution >= 0.6 is 0 Å². The van der Waals surface area contributed by atoms with Gasteiger partial charge < -0.3 is 14.2 Å². The highest BCUT2D eigenvalue weighted by Gasteiger charge is 2.34. The summed E-state index contributed by atoms with van der Waals surface area (Å²) < 4.78 is 15.2. The molecule has 0 amide bonds. The molecule has 1 rings (SSSR count). The Morgan fingerprint density at radius 2 is 2.08 bits per heavy atom. The summed E-state index contributed by atoms with van der Waals surface area (Å²) in [5.41, 5.74) is 0. The van der Waals surface area contributed by atoms with Gasteiger partial charge in [-0.25, -0.2) is 0 Å². The van der Waals surface area contributed by atoms with Gasteiger partial charge in [-0.1, -0.05) is 0 Å². The lowest BCUT2D eigenvalue weighted by Crippen LogP contribution is -2.45. The fourth-order valence-electron chi connectivity index (χ4n) is 1.36. The summed E-state index contributed by atoms with van der Waals surface area (Å²) >= 11 is 0. The maximum Gasteiger partial charge on any atom is 0.169 e. The van der Waals surface area contributed by atoms with E-state index >= 15 is 0 Å². The molecule has 0 saturated carbocycles. The van der Waals surface area contributed by atoms with Crippen LogP contribution in [0.15, 0.2) is 0 Å². The van der Waals surface area contributed by atoms with Crippen molar-refractivity contribution in [1.82, 2.24) is 0 Å². The SMILES string of the molecule is CO[C@@H]1CC(=O)[C@@H](OC)[C@H](C)O1. The quantitative estimate of drug-likeness (QED) is 0.606. The lowest BCUT2D eigenvalue weighted by atomic mass is 10.0. The van der Waals surface area contributed by atoms with Gasteiger partial charge >= 0.3 is 0 Å². The average molecular weight is 174 g/mol. The number of Topliss-reactive ketones (excluding diaryl/α,β-unsaturated/α-hetero) is 1. The largest absolute Gasteiger partial charge is 0.371 e. The molecule has 0 aromatic heterocycles. The van der Waals surface area contributed by atoms with Gasteiger partial charge in [0.15, 0.2) is 12.1 Å². The number of carbonyl (C=O) groups excluding carboxylic acids is 1. The maximum absolute atomic E-state index is 11.3. The monoisotopic (exact) mass is 174 g/mol. The van der Waals surface area contributed by atoms with Crippen LogP contribution in [0.2, 0.25) is 0 Å². The Morgan fingerprint density at radius 3 is 2.50 bits per heavy atom. The van der Waals surface area contributed by atoms with Gasteiger partial charge in [0.25, 0.3) is 0 Å². The topological polar surface area (TPSA) is 44.8 Å². The summed E-state index contributed by atoms with van der Waals surface area (Å²) in [6.07, 6.45) is -0.782. The molecule has 0 spiro atoms. The summed E-state index contributed by atoms with van der Waals surface area (Å²) in [6, 6.07) is 0. The van der Waals surface area contributed by atoms with E-state index in [9.17, 15) is 4.79 Å². The number of methoxy groups -OCH3 is 2. The van der Waals surface area contributed by atoms with Crippen molar-refractivity contribution >= 4 is 5.78 Å². The van der Waals surface area contributed by atoms with Crippen molar-refractivity contribution in [1.29, 1.82) is 0 Å². The summed E-state index contributed by atoms with van der Waals surface area (Å²) in [4.78, 5) is 11.3. The second-order valence-electron chi connectivity index (χ2n) is 2.83. The van der Waals surface area contributed by atoms with E-state index in [1.54, 1.807) is 6.92 Å². The van der Waals surface area contributed by atoms with Gasteiger partial charge in [-0.2, -0.15) is 0 Å². The van der Waals surface area contributed by atoms with Gasteiger partial charge in [-0.15, -0.1) is 0 Å². The number of hydrogen-bond donors (Lipinski definition) is 0. The van der Waals surface area contributed by atoms with E-state index in [-0.39, 0.29) is 18.3 Å². The van der Waals surface area contributed by atoms with E-state index in [0.29, 0.717) is 0 Å². The summed E-state index contributed by atoms with van der Waals surface area (Å²) in [7, 11) is 3.04. The Morgan fingerprint density at radius 1 is 1.42 bits per heavy atom. The fraction of sp³-hybridized carbons (Fsp3) is 0.875. The summed E-state index contributed by atoms with van der Waals surface area (Å²) in [5.74, 6) is 0.0445. The lowest BCUT2D eigenvalue weighted by Gasteiger charge is -2.31. The van der Waals surface area contributed by atoms with Crippen LogP contribution in [0.5, 0.6) is 0 Å². The maximum atomic E-state index is 11.3. The molecular weight excluding hydrogens is 160 g/mol. The van der Waals surface area contributed by atoms with Crippen LogP contribution in [0.3, 0.4) is 0 Å². The van der Waals surface area contributed by atoms with Crippen LogP contribution in [0.25, 0.3) is 0 Å². The fourth-order valence-corrected chi connectivity index (χ4v) is 1.36. The molecule has 4 heteroatoms. The first-order valence-electron chi connectivity index (χ1n) is 3.92. The molecule has 0 unspecified atom stereocenters. The number of carbonyl (C=O) groups is 1. The number of hydrogen-bond acceptors (Lipinski definition) is 4. The summed E-state index contributed by atoms with van der Waals surface area (Å²) in [5, 5.41) is 0. The molecule has 1 saturated heterocycles. The summed E-state index contributed by atoms with van der Waals surface area (Å²) in [6.45, 7) is 1.80. The van der Waals surface area contributed by atoms with E-state index in [1.165, 1.54) is 14.2 Å². The number of ketones is 1. The minimum Gasteiger partial charge on any atom is -0.371 e. The van der Waals surface area contributed by atoms with Crippen molar-refractivity contribution < 1.29 is 19.0 Å². The van der Waals surface area contributed by atoms with Gasteiger partial charge in [0.2, 0.25) is 0 Å². The van der Waals surface area contributed by atoms with E-state index in [2.05, 4.69) is 0 Å². The van der Waals surface area contributed by atoms with E-state index in [0.717, 1.165) is 0 Å². The molecule has 0 aromatic carbocycles. The van der Waals surface area contributed by atoms with Crippen molar-refractivity contribution in [3.63, 3.8) is 0 Å². The molecule has 0 aromatic rings. The van der Waals surface area contributed by atoms with Crippen LogP contribution in [-0.2, 0) is 19.0 Å². The van der Waals surface area contributed by atoms with Crippen molar-refractivity contribution in [2.24, 2.45) is 0 Å². The third kappa shape index (κ3) is 1.83. The first-order chi connectivity index (χ1) is 5.69. The first-order valence-corrected chi connectivity index (χ1v) is 3.92. The van der Waals surface area contributed by atoms with E-state index in [4.69, 9.17) is 14.2 Å². The Labute approximate surface area is 71.8 Å². The van der Waals surface area contributed by atoms with Crippen LogP contribution in [0, 0.1) is 0 Å². The first kappa shape index (κ1) is 9.64. The van der Waals surface area contributed by atoms with Crippen LogP contribution in [0.4, 0.5) is 0 Å². The third-order valence-electron chi connectivity index (χ3n) is 1.99. The van der Waals surface area contributed by atoms with Gasteiger partial charge in [0.1, 0.15) is 6.10 Å². The second kappa shape index (κ2) is 3.98. The molecule has 12 heavy (non-hydrogen) atoms. The zero-order valence-corrected chi connectivity index (χ0v) is 7.57. The molecule has 1 aliphatic heterocycles. The Hall–Kier alpha value is -0.450. The molecule has 0 bridgehead atoms. The predicted octanol–water partition coefficient (Wildman–Crippen LogP) is 0.352. The van der Waals surface area contributed by atoms with Crippen molar-refractivity contribution in [2.45, 2.75) is 31.8 Å². The molecule has 0 radical (unpaired) electrons. The second-order valence-corrected chi connectivity index (χ2v) is 2.83. The average Bonchev–Trinajstić information content (AvgIpc) is 2.03. The highest BCUT2D eigenvalue weighted by Crippen LogP contribution is 2.18. The van der Waals surface area contributed by atoms with Crippen LogP contribution in [0.1, 0.15) is 13.3 Å². The van der Waals surface area contributed by atoms with Crippen molar-refractivity contribution in [3.05, 3.63) is 0 Å². The lowest BCUT2D eigenvalue weighted by molar-refractivity contribution is -0.207. The Balaban J connectivity index is 2.57.